The molecule has 0 saturated heterocycles. The first-order valence-electron chi connectivity index (χ1n) is 7.77. The van der Waals surface area contributed by atoms with E-state index < -0.39 is 0 Å². The average Bonchev–Trinajstić information content (AvgIpc) is 3.00. The summed E-state index contributed by atoms with van der Waals surface area (Å²) < 4.78 is 12.8. The van der Waals surface area contributed by atoms with Crippen molar-refractivity contribution < 1.29 is 14.6 Å². The van der Waals surface area contributed by atoms with Gasteiger partial charge in [0.1, 0.15) is 6.61 Å². The topological polar surface area (TPSA) is 94.3 Å². The molecule has 126 valence electrons. The minimum atomic E-state index is -0.0328. The van der Waals surface area contributed by atoms with E-state index in [0.717, 1.165) is 18.5 Å². The first-order chi connectivity index (χ1) is 11.3. The molecular formula is C15H23N5O3. The second kappa shape index (κ2) is 8.94. The Bertz CT molecular complexity index is 603. The van der Waals surface area contributed by atoms with Crippen molar-refractivity contribution in [3.05, 3.63) is 23.8 Å². The summed E-state index contributed by atoms with van der Waals surface area (Å²) in [6.45, 7) is 6.09. The van der Waals surface area contributed by atoms with Gasteiger partial charge >= 0.3 is 0 Å². The SMILES string of the molecule is CCCn1nnnc1NCc1ccc(OCCO)c(OCC)c1. The van der Waals surface area contributed by atoms with Gasteiger partial charge in [0.05, 0.1) is 13.2 Å². The maximum absolute atomic E-state index is 8.87. The summed E-state index contributed by atoms with van der Waals surface area (Å²) in [6, 6.07) is 5.69. The highest BCUT2D eigenvalue weighted by molar-refractivity contribution is 5.44. The molecule has 2 N–H and O–H groups in total. The van der Waals surface area contributed by atoms with Crippen LogP contribution < -0.4 is 14.8 Å². The van der Waals surface area contributed by atoms with E-state index in [1.165, 1.54) is 0 Å². The van der Waals surface area contributed by atoms with E-state index >= 15 is 0 Å². The third-order valence-electron chi connectivity index (χ3n) is 3.07. The van der Waals surface area contributed by atoms with E-state index in [-0.39, 0.29) is 13.2 Å². The van der Waals surface area contributed by atoms with Crippen molar-refractivity contribution in [3.8, 4) is 11.5 Å². The summed E-state index contributed by atoms with van der Waals surface area (Å²) in [4.78, 5) is 0. The van der Waals surface area contributed by atoms with Crippen molar-refractivity contribution in [1.29, 1.82) is 0 Å². The third kappa shape index (κ3) is 4.82. The number of anilines is 1. The summed E-state index contributed by atoms with van der Waals surface area (Å²) in [6.07, 6.45) is 0.963. The molecule has 0 spiro atoms. The molecule has 0 aliphatic heterocycles. The highest BCUT2D eigenvalue weighted by Gasteiger charge is 2.08. The van der Waals surface area contributed by atoms with E-state index in [0.29, 0.717) is 30.6 Å². The van der Waals surface area contributed by atoms with Crippen molar-refractivity contribution in [3.63, 3.8) is 0 Å². The highest BCUT2D eigenvalue weighted by Crippen LogP contribution is 2.28. The molecule has 0 bridgehead atoms. The number of aromatic nitrogens is 4. The molecule has 2 aromatic rings. The second-order valence-electron chi connectivity index (χ2n) is 4.87. The largest absolute Gasteiger partial charge is 0.490 e. The monoisotopic (exact) mass is 321 g/mol. The van der Waals surface area contributed by atoms with Crippen LogP contribution in [0.5, 0.6) is 11.5 Å². The Hall–Kier alpha value is -2.35. The lowest BCUT2D eigenvalue weighted by atomic mass is 10.2. The van der Waals surface area contributed by atoms with Crippen molar-refractivity contribution in [2.75, 3.05) is 25.1 Å². The number of tetrazole rings is 1. The lowest BCUT2D eigenvalue weighted by Crippen LogP contribution is -2.09. The Balaban J connectivity index is 2.04. The van der Waals surface area contributed by atoms with Gasteiger partial charge < -0.3 is 19.9 Å². The molecule has 1 aromatic carbocycles. The molecule has 23 heavy (non-hydrogen) atoms. The number of aliphatic hydroxyl groups excluding tert-OH is 1. The van der Waals surface area contributed by atoms with Crippen LogP contribution in [0.1, 0.15) is 25.8 Å². The molecule has 0 atom stereocenters. The van der Waals surface area contributed by atoms with Crippen LogP contribution in [0.2, 0.25) is 0 Å². The molecule has 0 aliphatic carbocycles. The van der Waals surface area contributed by atoms with E-state index in [2.05, 4.69) is 27.8 Å². The minimum Gasteiger partial charge on any atom is -0.490 e. The predicted molar refractivity (Wildman–Crippen MR) is 85.6 cm³/mol. The molecule has 8 nitrogen and oxygen atoms in total. The van der Waals surface area contributed by atoms with Gasteiger partial charge in [0, 0.05) is 13.1 Å². The average molecular weight is 321 g/mol. The van der Waals surface area contributed by atoms with Crippen molar-refractivity contribution in [2.45, 2.75) is 33.4 Å². The summed E-state index contributed by atoms with van der Waals surface area (Å²) >= 11 is 0. The third-order valence-corrected chi connectivity index (χ3v) is 3.07. The van der Waals surface area contributed by atoms with Crippen LogP contribution in [-0.2, 0) is 13.1 Å². The number of rotatable bonds is 10. The number of aliphatic hydroxyl groups is 1. The van der Waals surface area contributed by atoms with Crippen LogP contribution >= 0.6 is 0 Å². The summed E-state index contributed by atoms with van der Waals surface area (Å²) in [5.74, 6) is 1.93. The molecule has 1 heterocycles. The highest BCUT2D eigenvalue weighted by atomic mass is 16.5. The fourth-order valence-electron chi connectivity index (χ4n) is 2.08. The maximum atomic E-state index is 8.87. The Morgan fingerprint density at radius 2 is 2.09 bits per heavy atom. The van der Waals surface area contributed by atoms with Gasteiger partial charge in [-0.2, -0.15) is 0 Å². The number of nitrogens with one attached hydrogen (secondary N) is 1. The fourth-order valence-corrected chi connectivity index (χ4v) is 2.08. The van der Waals surface area contributed by atoms with Crippen LogP contribution in [0.4, 0.5) is 5.95 Å². The Morgan fingerprint density at radius 3 is 2.83 bits per heavy atom. The van der Waals surface area contributed by atoms with Gasteiger partial charge in [-0.3, -0.25) is 0 Å². The summed E-state index contributed by atoms with van der Waals surface area (Å²) in [7, 11) is 0. The Kier molecular flexibility index (Phi) is 6.61. The normalized spacial score (nSPS) is 10.6. The first kappa shape index (κ1) is 17.0. The van der Waals surface area contributed by atoms with Crippen LogP contribution in [-0.4, -0.2) is 45.1 Å². The van der Waals surface area contributed by atoms with Crippen LogP contribution in [0.15, 0.2) is 18.2 Å². The number of aryl methyl sites for hydroxylation is 1. The zero-order chi connectivity index (χ0) is 16.5. The Morgan fingerprint density at radius 1 is 1.22 bits per heavy atom. The van der Waals surface area contributed by atoms with E-state index in [1.54, 1.807) is 4.68 Å². The maximum Gasteiger partial charge on any atom is 0.243 e. The molecule has 1 aromatic heterocycles. The lowest BCUT2D eigenvalue weighted by Gasteiger charge is -2.13. The van der Waals surface area contributed by atoms with Crippen LogP contribution in [0, 0.1) is 0 Å². The summed E-state index contributed by atoms with van der Waals surface area (Å²) in [5, 5.41) is 23.7. The molecule has 0 amide bonds. The smallest absolute Gasteiger partial charge is 0.243 e. The van der Waals surface area contributed by atoms with Gasteiger partial charge in [-0.15, -0.1) is 0 Å². The molecular weight excluding hydrogens is 298 g/mol. The number of hydrogen-bond donors (Lipinski definition) is 2. The van der Waals surface area contributed by atoms with E-state index in [4.69, 9.17) is 14.6 Å². The zero-order valence-corrected chi connectivity index (χ0v) is 13.5. The van der Waals surface area contributed by atoms with Gasteiger partial charge in [0.15, 0.2) is 11.5 Å². The minimum absolute atomic E-state index is 0.0328. The number of hydrogen-bond acceptors (Lipinski definition) is 7. The molecule has 8 heteroatoms. The lowest BCUT2D eigenvalue weighted by molar-refractivity contribution is 0.194. The quantitative estimate of drug-likeness (QED) is 0.684. The van der Waals surface area contributed by atoms with Crippen molar-refractivity contribution in [2.24, 2.45) is 0 Å². The molecule has 0 fully saturated rings. The molecule has 2 rings (SSSR count). The predicted octanol–water partition coefficient (Wildman–Crippen LogP) is 1.46. The number of benzene rings is 1. The fraction of sp³-hybridized carbons (Fsp3) is 0.533. The van der Waals surface area contributed by atoms with Gasteiger partial charge in [0.25, 0.3) is 0 Å². The standard InChI is InChI=1S/C15H23N5O3/c1-3-7-20-15(17-18-19-20)16-11-12-5-6-13(23-9-8-21)14(10-12)22-4-2/h5-6,10,21H,3-4,7-9,11H2,1-2H3,(H,16,17,19). The molecule has 0 unspecified atom stereocenters. The van der Waals surface area contributed by atoms with Gasteiger partial charge in [-0.25, -0.2) is 4.68 Å². The zero-order valence-electron chi connectivity index (χ0n) is 13.5. The van der Waals surface area contributed by atoms with Gasteiger partial charge in [-0.1, -0.05) is 18.1 Å². The van der Waals surface area contributed by atoms with Crippen molar-refractivity contribution >= 4 is 5.95 Å². The van der Waals surface area contributed by atoms with Gasteiger partial charge in [-0.05, 0) is 41.5 Å². The van der Waals surface area contributed by atoms with Crippen molar-refractivity contribution in [1.82, 2.24) is 20.2 Å². The summed E-state index contributed by atoms with van der Waals surface area (Å²) in [5.41, 5.74) is 1.02. The molecule has 0 aliphatic rings. The Labute approximate surface area is 135 Å². The van der Waals surface area contributed by atoms with Gasteiger partial charge in [0.2, 0.25) is 5.95 Å². The molecule has 0 saturated carbocycles. The van der Waals surface area contributed by atoms with Crippen LogP contribution in [0.25, 0.3) is 0 Å². The first-order valence-corrected chi connectivity index (χ1v) is 7.77. The number of nitrogens with zero attached hydrogens (tertiary/aromatic N) is 4. The molecule has 0 radical (unpaired) electrons. The van der Waals surface area contributed by atoms with E-state index in [1.807, 2.05) is 25.1 Å². The second-order valence-corrected chi connectivity index (χ2v) is 4.87. The van der Waals surface area contributed by atoms with Crippen LogP contribution in [0.3, 0.4) is 0 Å². The van der Waals surface area contributed by atoms with E-state index in [9.17, 15) is 0 Å². The number of ether oxygens (including phenoxy) is 2.